The first-order chi connectivity index (χ1) is 10.5. The SMILES string of the molecule is CC(=O)N[C@H](CC(=O)Nc1cccc(F)c1)c1ccccc1. The third-order valence-corrected chi connectivity index (χ3v) is 3.08. The van der Waals surface area contributed by atoms with Crippen molar-refractivity contribution in [2.24, 2.45) is 0 Å². The predicted molar refractivity (Wildman–Crippen MR) is 82.6 cm³/mol. The van der Waals surface area contributed by atoms with Gasteiger partial charge in [-0.1, -0.05) is 36.4 Å². The number of carbonyl (C=O) groups excluding carboxylic acids is 2. The molecular weight excluding hydrogens is 283 g/mol. The Kier molecular flexibility index (Phi) is 5.25. The first kappa shape index (κ1) is 15.7. The van der Waals surface area contributed by atoms with Gasteiger partial charge in [0.05, 0.1) is 12.5 Å². The zero-order valence-electron chi connectivity index (χ0n) is 12.2. The summed E-state index contributed by atoms with van der Waals surface area (Å²) in [6, 6.07) is 14.5. The minimum absolute atomic E-state index is 0.0696. The lowest BCUT2D eigenvalue weighted by Gasteiger charge is -2.18. The van der Waals surface area contributed by atoms with Crippen molar-refractivity contribution < 1.29 is 14.0 Å². The van der Waals surface area contributed by atoms with E-state index in [-0.39, 0.29) is 18.2 Å². The quantitative estimate of drug-likeness (QED) is 0.891. The Morgan fingerprint density at radius 3 is 2.45 bits per heavy atom. The Morgan fingerprint density at radius 2 is 1.82 bits per heavy atom. The van der Waals surface area contributed by atoms with Gasteiger partial charge in [-0.15, -0.1) is 0 Å². The fourth-order valence-electron chi connectivity index (χ4n) is 2.15. The number of nitrogens with one attached hydrogen (secondary N) is 2. The Balaban J connectivity index is 2.06. The van der Waals surface area contributed by atoms with E-state index in [0.29, 0.717) is 5.69 Å². The van der Waals surface area contributed by atoms with Gasteiger partial charge in [0, 0.05) is 12.6 Å². The van der Waals surface area contributed by atoms with Gasteiger partial charge in [0.15, 0.2) is 0 Å². The van der Waals surface area contributed by atoms with E-state index in [1.165, 1.54) is 25.1 Å². The Hall–Kier alpha value is -2.69. The molecule has 2 aromatic carbocycles. The molecule has 1 atom stereocenters. The van der Waals surface area contributed by atoms with E-state index in [9.17, 15) is 14.0 Å². The van der Waals surface area contributed by atoms with Crippen molar-refractivity contribution in [1.82, 2.24) is 5.32 Å². The van der Waals surface area contributed by atoms with E-state index in [2.05, 4.69) is 10.6 Å². The molecule has 114 valence electrons. The number of carbonyl (C=O) groups is 2. The van der Waals surface area contributed by atoms with Crippen molar-refractivity contribution in [3.8, 4) is 0 Å². The van der Waals surface area contributed by atoms with E-state index in [0.717, 1.165) is 5.56 Å². The second-order valence-electron chi connectivity index (χ2n) is 4.93. The maximum atomic E-state index is 13.1. The zero-order chi connectivity index (χ0) is 15.9. The van der Waals surface area contributed by atoms with Gasteiger partial charge in [0.1, 0.15) is 5.82 Å². The lowest BCUT2D eigenvalue weighted by molar-refractivity contribution is -0.120. The summed E-state index contributed by atoms with van der Waals surface area (Å²) < 4.78 is 13.1. The standard InChI is InChI=1S/C17H17FN2O2/c1-12(21)19-16(13-6-3-2-4-7-13)11-17(22)20-15-9-5-8-14(18)10-15/h2-10,16H,11H2,1H3,(H,19,21)(H,20,22)/t16-/m1/s1. The van der Waals surface area contributed by atoms with Crippen molar-refractivity contribution in [2.45, 2.75) is 19.4 Å². The molecule has 5 heteroatoms. The Bertz CT molecular complexity index is 659. The summed E-state index contributed by atoms with van der Waals surface area (Å²) >= 11 is 0. The average Bonchev–Trinajstić information content (AvgIpc) is 2.47. The summed E-state index contributed by atoms with van der Waals surface area (Å²) in [4.78, 5) is 23.4. The first-order valence-corrected chi connectivity index (χ1v) is 6.92. The molecule has 2 aromatic rings. The van der Waals surface area contributed by atoms with Crippen LogP contribution in [-0.2, 0) is 9.59 Å². The van der Waals surface area contributed by atoms with E-state index < -0.39 is 11.9 Å². The molecule has 0 spiro atoms. The van der Waals surface area contributed by atoms with Gasteiger partial charge in [0.25, 0.3) is 0 Å². The van der Waals surface area contributed by atoms with Crippen LogP contribution in [0.2, 0.25) is 0 Å². The highest BCUT2D eigenvalue weighted by molar-refractivity contribution is 5.91. The number of hydrogen-bond acceptors (Lipinski definition) is 2. The molecule has 0 aromatic heterocycles. The molecule has 22 heavy (non-hydrogen) atoms. The zero-order valence-corrected chi connectivity index (χ0v) is 12.2. The van der Waals surface area contributed by atoms with Gasteiger partial charge in [-0.25, -0.2) is 4.39 Å². The molecule has 0 bridgehead atoms. The third kappa shape index (κ3) is 4.70. The lowest BCUT2D eigenvalue weighted by Crippen LogP contribution is -2.29. The molecule has 0 aliphatic carbocycles. The van der Waals surface area contributed by atoms with Crippen LogP contribution in [0.25, 0.3) is 0 Å². The molecule has 4 nitrogen and oxygen atoms in total. The van der Waals surface area contributed by atoms with Crippen LogP contribution in [0.4, 0.5) is 10.1 Å². The average molecular weight is 300 g/mol. The number of amides is 2. The van der Waals surface area contributed by atoms with Crippen LogP contribution in [0, 0.1) is 5.82 Å². The molecular formula is C17H17FN2O2. The summed E-state index contributed by atoms with van der Waals surface area (Å²) in [5, 5.41) is 5.38. The molecule has 2 N–H and O–H groups in total. The van der Waals surface area contributed by atoms with Crippen molar-refractivity contribution >= 4 is 17.5 Å². The van der Waals surface area contributed by atoms with Crippen molar-refractivity contribution in [1.29, 1.82) is 0 Å². The molecule has 0 unspecified atom stereocenters. The Labute approximate surface area is 128 Å². The smallest absolute Gasteiger partial charge is 0.226 e. The highest BCUT2D eigenvalue weighted by Gasteiger charge is 2.17. The normalized spacial score (nSPS) is 11.5. The summed E-state index contributed by atoms with van der Waals surface area (Å²) in [6.07, 6.45) is 0.0696. The number of benzene rings is 2. The van der Waals surface area contributed by atoms with Gasteiger partial charge in [-0.05, 0) is 23.8 Å². The van der Waals surface area contributed by atoms with Gasteiger partial charge < -0.3 is 10.6 Å². The molecule has 0 heterocycles. The lowest BCUT2D eigenvalue weighted by atomic mass is 10.0. The first-order valence-electron chi connectivity index (χ1n) is 6.92. The third-order valence-electron chi connectivity index (χ3n) is 3.08. The maximum absolute atomic E-state index is 13.1. The number of halogens is 1. The van der Waals surface area contributed by atoms with Gasteiger partial charge in [-0.2, -0.15) is 0 Å². The summed E-state index contributed by atoms with van der Waals surface area (Å²) in [6.45, 7) is 1.40. The second kappa shape index (κ2) is 7.36. The van der Waals surface area contributed by atoms with Crippen LogP contribution in [0.1, 0.15) is 24.9 Å². The van der Waals surface area contributed by atoms with E-state index in [1.807, 2.05) is 30.3 Å². The fourth-order valence-corrected chi connectivity index (χ4v) is 2.15. The van der Waals surface area contributed by atoms with Crippen molar-refractivity contribution in [3.05, 3.63) is 66.0 Å². The minimum atomic E-state index is -0.424. The number of anilines is 1. The van der Waals surface area contributed by atoms with Crippen LogP contribution < -0.4 is 10.6 Å². The fraction of sp³-hybridized carbons (Fsp3) is 0.176. The highest BCUT2D eigenvalue weighted by atomic mass is 19.1. The summed E-state index contributed by atoms with van der Waals surface area (Å²) in [5.41, 5.74) is 1.23. The predicted octanol–water partition coefficient (Wildman–Crippen LogP) is 3.03. The van der Waals surface area contributed by atoms with Crippen molar-refractivity contribution in [2.75, 3.05) is 5.32 Å². The van der Waals surface area contributed by atoms with Gasteiger partial charge in [-0.3, -0.25) is 9.59 Å². The number of rotatable bonds is 5. The highest BCUT2D eigenvalue weighted by Crippen LogP contribution is 2.18. The van der Waals surface area contributed by atoms with Crippen LogP contribution in [0.3, 0.4) is 0 Å². The molecule has 2 amide bonds. The number of hydrogen-bond donors (Lipinski definition) is 2. The van der Waals surface area contributed by atoms with E-state index >= 15 is 0 Å². The largest absolute Gasteiger partial charge is 0.349 e. The van der Waals surface area contributed by atoms with E-state index in [1.54, 1.807) is 6.07 Å². The monoisotopic (exact) mass is 300 g/mol. The van der Waals surface area contributed by atoms with Gasteiger partial charge >= 0.3 is 0 Å². The minimum Gasteiger partial charge on any atom is -0.349 e. The molecule has 0 radical (unpaired) electrons. The Morgan fingerprint density at radius 1 is 1.09 bits per heavy atom. The van der Waals surface area contributed by atoms with Crippen LogP contribution >= 0.6 is 0 Å². The summed E-state index contributed by atoms with van der Waals surface area (Å²) in [7, 11) is 0. The van der Waals surface area contributed by atoms with Crippen LogP contribution in [-0.4, -0.2) is 11.8 Å². The van der Waals surface area contributed by atoms with Gasteiger partial charge in [0.2, 0.25) is 11.8 Å². The van der Waals surface area contributed by atoms with Crippen LogP contribution in [0.15, 0.2) is 54.6 Å². The summed E-state index contributed by atoms with van der Waals surface area (Å²) in [5.74, 6) is -0.931. The second-order valence-corrected chi connectivity index (χ2v) is 4.93. The van der Waals surface area contributed by atoms with E-state index in [4.69, 9.17) is 0 Å². The molecule has 0 fully saturated rings. The van der Waals surface area contributed by atoms with Crippen LogP contribution in [0.5, 0.6) is 0 Å². The molecule has 2 rings (SSSR count). The molecule has 0 saturated carbocycles. The molecule has 0 aliphatic heterocycles. The maximum Gasteiger partial charge on any atom is 0.226 e. The van der Waals surface area contributed by atoms with Crippen molar-refractivity contribution in [3.63, 3.8) is 0 Å². The molecule has 0 saturated heterocycles. The topological polar surface area (TPSA) is 58.2 Å². The molecule has 0 aliphatic rings.